The predicted octanol–water partition coefficient (Wildman–Crippen LogP) is 3.75. The third-order valence-electron chi connectivity index (χ3n) is 4.89. The zero-order valence-corrected chi connectivity index (χ0v) is 14.3. The molecule has 1 aliphatic carbocycles. The van der Waals surface area contributed by atoms with E-state index in [9.17, 15) is 0 Å². The van der Waals surface area contributed by atoms with E-state index in [1.54, 1.807) is 0 Å². The molecule has 0 amide bonds. The first-order valence-electron chi connectivity index (χ1n) is 8.74. The fourth-order valence-electron chi connectivity index (χ4n) is 3.69. The molecular formula is C22H18N4. The minimum absolute atomic E-state index is 0.729. The van der Waals surface area contributed by atoms with Gasteiger partial charge in [-0.1, -0.05) is 48.5 Å². The molecule has 5 rings (SSSR count). The molecule has 2 aromatic heterocycles. The summed E-state index contributed by atoms with van der Waals surface area (Å²) in [6.45, 7) is 0.746. The Kier molecular flexibility index (Phi) is 3.35. The number of fused-ring (bicyclic) bond motifs is 2. The number of nitrogens with two attached hydrogens (primary N) is 1. The van der Waals surface area contributed by atoms with Gasteiger partial charge < -0.3 is 10.3 Å². The van der Waals surface area contributed by atoms with E-state index in [4.69, 9.17) is 10.7 Å². The van der Waals surface area contributed by atoms with Crippen LogP contribution in [0.1, 0.15) is 22.6 Å². The Balaban J connectivity index is 1.74. The zero-order valence-electron chi connectivity index (χ0n) is 14.3. The van der Waals surface area contributed by atoms with Crippen LogP contribution in [0.2, 0.25) is 0 Å². The number of rotatable bonds is 3. The van der Waals surface area contributed by atoms with E-state index in [1.807, 2.05) is 36.5 Å². The van der Waals surface area contributed by atoms with Gasteiger partial charge in [-0.25, -0.2) is 4.98 Å². The van der Waals surface area contributed by atoms with Gasteiger partial charge in [0.25, 0.3) is 0 Å². The number of imidazole rings is 1. The lowest BCUT2D eigenvalue weighted by Crippen LogP contribution is -2.08. The van der Waals surface area contributed by atoms with Gasteiger partial charge in [0.2, 0.25) is 0 Å². The molecule has 0 bridgehead atoms. The summed E-state index contributed by atoms with van der Waals surface area (Å²) in [5.74, 6) is 0.894. The fraction of sp³-hybridized carbons (Fsp3) is 0.0909. The van der Waals surface area contributed by atoms with E-state index < -0.39 is 0 Å². The molecule has 0 aliphatic heterocycles. The molecule has 1 aliphatic rings. The van der Waals surface area contributed by atoms with Crippen LogP contribution in [0.25, 0.3) is 16.6 Å². The number of hydrogen-bond acceptors (Lipinski definition) is 3. The van der Waals surface area contributed by atoms with Gasteiger partial charge in [-0.05, 0) is 29.3 Å². The highest BCUT2D eigenvalue weighted by Crippen LogP contribution is 2.35. The highest BCUT2D eigenvalue weighted by molar-refractivity contribution is 5.87. The van der Waals surface area contributed by atoms with E-state index >= 15 is 0 Å². The minimum atomic E-state index is 0.729. The third-order valence-corrected chi connectivity index (χ3v) is 4.89. The average Bonchev–Trinajstić information content (AvgIpc) is 3.19. The van der Waals surface area contributed by atoms with Crippen molar-refractivity contribution in [2.24, 2.45) is 5.73 Å². The summed E-state index contributed by atoms with van der Waals surface area (Å²) in [7, 11) is 0. The van der Waals surface area contributed by atoms with Crippen molar-refractivity contribution in [1.29, 1.82) is 0 Å². The Labute approximate surface area is 151 Å². The van der Waals surface area contributed by atoms with E-state index in [0.29, 0.717) is 0 Å². The Bertz CT molecular complexity index is 1140. The summed E-state index contributed by atoms with van der Waals surface area (Å²) < 4.78 is 2.25. The van der Waals surface area contributed by atoms with Crippen molar-refractivity contribution in [2.75, 3.05) is 0 Å². The summed E-state index contributed by atoms with van der Waals surface area (Å²) >= 11 is 0. The lowest BCUT2D eigenvalue weighted by molar-refractivity contribution is 0.807. The summed E-state index contributed by atoms with van der Waals surface area (Å²) in [5.41, 5.74) is 13.7. The lowest BCUT2D eigenvalue weighted by Gasteiger charge is -2.11. The molecule has 0 radical (unpaired) electrons. The van der Waals surface area contributed by atoms with Crippen LogP contribution in [0.4, 0.5) is 0 Å². The number of benzene rings is 2. The van der Waals surface area contributed by atoms with Gasteiger partial charge in [-0.15, -0.1) is 0 Å². The van der Waals surface area contributed by atoms with Gasteiger partial charge >= 0.3 is 0 Å². The van der Waals surface area contributed by atoms with Crippen LogP contribution in [0.15, 0.2) is 78.6 Å². The Morgan fingerprint density at radius 2 is 1.73 bits per heavy atom. The highest BCUT2D eigenvalue weighted by Gasteiger charge is 2.26. The van der Waals surface area contributed by atoms with Crippen LogP contribution in [-0.2, 0) is 13.0 Å². The molecule has 4 heteroatoms. The molecule has 0 spiro atoms. The average molecular weight is 338 g/mol. The molecule has 0 fully saturated rings. The summed E-state index contributed by atoms with van der Waals surface area (Å²) in [5, 5.41) is 0. The Morgan fingerprint density at radius 3 is 2.62 bits per heavy atom. The number of allylic oxidation sites excluding steroid dienone is 1. The van der Waals surface area contributed by atoms with E-state index in [0.717, 1.165) is 46.8 Å². The van der Waals surface area contributed by atoms with Crippen LogP contribution in [-0.4, -0.2) is 14.5 Å². The van der Waals surface area contributed by atoms with Crippen molar-refractivity contribution in [3.63, 3.8) is 0 Å². The van der Waals surface area contributed by atoms with Crippen LogP contribution in [0, 0.1) is 0 Å². The monoisotopic (exact) mass is 338 g/mol. The molecule has 126 valence electrons. The molecule has 4 aromatic rings. The third kappa shape index (κ3) is 2.30. The van der Waals surface area contributed by atoms with E-state index in [1.165, 1.54) is 11.1 Å². The van der Waals surface area contributed by atoms with Gasteiger partial charge in [-0.2, -0.15) is 0 Å². The molecule has 2 heterocycles. The second kappa shape index (κ2) is 5.85. The van der Waals surface area contributed by atoms with Crippen molar-refractivity contribution >= 4 is 16.6 Å². The largest absolute Gasteiger partial charge is 0.401 e. The van der Waals surface area contributed by atoms with Gasteiger partial charge in [0.15, 0.2) is 0 Å². The normalized spacial score (nSPS) is 13.4. The second-order valence-corrected chi connectivity index (χ2v) is 6.58. The first-order valence-corrected chi connectivity index (χ1v) is 8.74. The quantitative estimate of drug-likeness (QED) is 0.619. The van der Waals surface area contributed by atoms with Crippen molar-refractivity contribution in [3.8, 4) is 0 Å². The van der Waals surface area contributed by atoms with Crippen LogP contribution in [0.3, 0.4) is 0 Å². The number of pyridine rings is 1. The Hall–Kier alpha value is -3.40. The topological polar surface area (TPSA) is 56.7 Å². The van der Waals surface area contributed by atoms with Crippen LogP contribution in [0.5, 0.6) is 0 Å². The molecule has 0 atom stereocenters. The van der Waals surface area contributed by atoms with Gasteiger partial charge in [0, 0.05) is 24.9 Å². The van der Waals surface area contributed by atoms with Crippen molar-refractivity contribution in [3.05, 3.63) is 101 Å². The molecule has 26 heavy (non-hydrogen) atoms. The number of para-hydroxylation sites is 2. The molecular weight excluding hydrogens is 320 g/mol. The van der Waals surface area contributed by atoms with Gasteiger partial charge in [-0.3, -0.25) is 4.98 Å². The highest BCUT2D eigenvalue weighted by atomic mass is 15.1. The zero-order chi connectivity index (χ0) is 17.5. The summed E-state index contributed by atoms with van der Waals surface area (Å²) in [6.07, 6.45) is 2.55. The molecule has 0 saturated carbocycles. The standard InChI is InChI=1S/C22H18N4/c23-17-13-16-9-6-12-24-21(16)20(17)22-25-18-10-4-5-11-19(18)26(22)14-15-7-2-1-3-8-15/h1-12H,13-14,23H2. The smallest absolute Gasteiger partial charge is 0.145 e. The van der Waals surface area contributed by atoms with Crippen molar-refractivity contribution in [2.45, 2.75) is 13.0 Å². The van der Waals surface area contributed by atoms with Crippen molar-refractivity contribution in [1.82, 2.24) is 14.5 Å². The van der Waals surface area contributed by atoms with Crippen LogP contribution < -0.4 is 5.73 Å². The molecule has 2 aromatic carbocycles. The molecule has 2 N–H and O–H groups in total. The van der Waals surface area contributed by atoms with E-state index in [2.05, 4.69) is 45.9 Å². The first-order chi connectivity index (χ1) is 12.8. The van der Waals surface area contributed by atoms with Gasteiger partial charge in [0.1, 0.15) is 5.82 Å². The van der Waals surface area contributed by atoms with Gasteiger partial charge in [0.05, 0.1) is 22.3 Å². The maximum Gasteiger partial charge on any atom is 0.145 e. The summed E-state index contributed by atoms with van der Waals surface area (Å²) in [6, 6.07) is 22.7. The maximum absolute atomic E-state index is 6.43. The number of hydrogen-bond donors (Lipinski definition) is 1. The van der Waals surface area contributed by atoms with E-state index in [-0.39, 0.29) is 0 Å². The predicted molar refractivity (Wildman–Crippen MR) is 103 cm³/mol. The summed E-state index contributed by atoms with van der Waals surface area (Å²) in [4.78, 5) is 9.52. The molecule has 4 nitrogen and oxygen atoms in total. The second-order valence-electron chi connectivity index (χ2n) is 6.58. The first kappa shape index (κ1) is 14.9. The number of aromatic nitrogens is 3. The Morgan fingerprint density at radius 1 is 0.923 bits per heavy atom. The minimum Gasteiger partial charge on any atom is -0.401 e. The number of nitrogens with zero attached hydrogens (tertiary/aromatic N) is 3. The van der Waals surface area contributed by atoms with Crippen LogP contribution >= 0.6 is 0 Å². The van der Waals surface area contributed by atoms with Crippen molar-refractivity contribution < 1.29 is 0 Å². The molecule has 0 saturated heterocycles. The lowest BCUT2D eigenvalue weighted by atomic mass is 10.1. The molecule has 0 unspecified atom stereocenters. The fourth-order valence-corrected chi connectivity index (χ4v) is 3.69. The maximum atomic E-state index is 6.43. The SMILES string of the molecule is NC1=C(c2nc3ccccc3n2Cc2ccccc2)c2ncccc2C1.